The molecule has 2 aliphatic heterocycles. The SMILES string of the molecule is Cc1cccc(N2CC[NH+](CC(=O)N[C@@H]3CCS(=O)(=O)C3)CC2)c1C. The van der Waals surface area contributed by atoms with E-state index in [0.29, 0.717) is 13.0 Å². The molecule has 2 fully saturated rings. The zero-order chi connectivity index (χ0) is 18.0. The highest BCUT2D eigenvalue weighted by Crippen LogP contribution is 2.22. The van der Waals surface area contributed by atoms with Crippen LogP contribution in [0.3, 0.4) is 0 Å². The van der Waals surface area contributed by atoms with Crippen molar-refractivity contribution in [3.63, 3.8) is 0 Å². The molecule has 0 aromatic heterocycles. The molecule has 0 spiro atoms. The fourth-order valence-electron chi connectivity index (χ4n) is 3.73. The van der Waals surface area contributed by atoms with Gasteiger partial charge in [0, 0.05) is 11.7 Å². The van der Waals surface area contributed by atoms with Gasteiger partial charge in [-0.05, 0) is 37.5 Å². The molecule has 6 nitrogen and oxygen atoms in total. The standard InChI is InChI=1S/C18H27N3O3S/c1-14-4-3-5-17(15(14)2)21-9-7-20(8-10-21)12-18(22)19-16-6-11-25(23,24)13-16/h3-5,16H,6-13H2,1-2H3,(H,19,22)/p+1/t16-/m1/s1. The molecule has 2 heterocycles. The normalized spacial score (nSPS) is 23.6. The summed E-state index contributed by atoms with van der Waals surface area (Å²) < 4.78 is 22.9. The van der Waals surface area contributed by atoms with E-state index in [1.165, 1.54) is 21.7 Å². The van der Waals surface area contributed by atoms with E-state index in [-0.39, 0.29) is 23.5 Å². The van der Waals surface area contributed by atoms with Crippen molar-refractivity contribution in [2.24, 2.45) is 0 Å². The predicted octanol–water partition coefficient (Wildman–Crippen LogP) is -0.688. The molecule has 0 radical (unpaired) electrons. The van der Waals surface area contributed by atoms with Gasteiger partial charge in [-0.25, -0.2) is 8.42 Å². The lowest BCUT2D eigenvalue weighted by atomic mass is 10.1. The van der Waals surface area contributed by atoms with E-state index in [1.807, 2.05) is 0 Å². The highest BCUT2D eigenvalue weighted by molar-refractivity contribution is 7.91. The molecule has 2 saturated heterocycles. The van der Waals surface area contributed by atoms with Gasteiger partial charge in [0.05, 0.1) is 37.7 Å². The minimum Gasteiger partial charge on any atom is -0.360 e. The number of sulfone groups is 1. The zero-order valence-corrected chi connectivity index (χ0v) is 15.9. The van der Waals surface area contributed by atoms with E-state index in [0.717, 1.165) is 26.2 Å². The Kier molecular flexibility index (Phi) is 5.34. The van der Waals surface area contributed by atoms with Gasteiger partial charge in [-0.3, -0.25) is 4.79 Å². The number of nitrogens with zero attached hydrogens (tertiary/aromatic N) is 1. The lowest BCUT2D eigenvalue weighted by molar-refractivity contribution is -0.892. The van der Waals surface area contributed by atoms with Crippen LogP contribution in [0, 0.1) is 13.8 Å². The van der Waals surface area contributed by atoms with E-state index in [1.54, 1.807) is 0 Å². The van der Waals surface area contributed by atoms with Crippen molar-refractivity contribution in [2.45, 2.75) is 26.3 Å². The van der Waals surface area contributed by atoms with Gasteiger partial charge in [-0.2, -0.15) is 0 Å². The highest BCUT2D eigenvalue weighted by Gasteiger charge is 2.30. The van der Waals surface area contributed by atoms with Crippen LogP contribution in [0.5, 0.6) is 0 Å². The number of benzene rings is 1. The monoisotopic (exact) mass is 366 g/mol. The number of aryl methyl sites for hydroxylation is 1. The van der Waals surface area contributed by atoms with Gasteiger partial charge in [0.1, 0.15) is 0 Å². The van der Waals surface area contributed by atoms with E-state index in [2.05, 4.69) is 42.3 Å². The average molecular weight is 367 g/mol. The Balaban J connectivity index is 1.48. The fourth-order valence-corrected chi connectivity index (χ4v) is 5.41. The maximum atomic E-state index is 12.2. The molecule has 0 unspecified atom stereocenters. The number of hydrogen-bond acceptors (Lipinski definition) is 4. The molecule has 1 aromatic rings. The van der Waals surface area contributed by atoms with Gasteiger partial charge in [0.15, 0.2) is 16.4 Å². The van der Waals surface area contributed by atoms with Gasteiger partial charge in [0.25, 0.3) is 5.91 Å². The van der Waals surface area contributed by atoms with Crippen LogP contribution in [-0.2, 0) is 14.6 Å². The molecule has 1 atom stereocenters. The number of nitrogens with one attached hydrogen (secondary N) is 2. The molecule has 0 aliphatic carbocycles. The molecule has 2 N–H and O–H groups in total. The maximum absolute atomic E-state index is 12.2. The van der Waals surface area contributed by atoms with Crippen molar-refractivity contribution >= 4 is 21.4 Å². The number of carbonyl (C=O) groups is 1. The number of quaternary nitrogens is 1. The van der Waals surface area contributed by atoms with Crippen LogP contribution in [-0.4, -0.2) is 64.6 Å². The molecule has 3 rings (SSSR count). The molecule has 2 aliphatic rings. The van der Waals surface area contributed by atoms with Crippen molar-refractivity contribution in [1.29, 1.82) is 0 Å². The second-order valence-electron chi connectivity index (χ2n) is 7.30. The Hall–Kier alpha value is -1.60. The predicted molar refractivity (Wildman–Crippen MR) is 98.9 cm³/mol. The third-order valence-corrected chi connectivity index (χ3v) is 7.16. The molecule has 7 heteroatoms. The highest BCUT2D eigenvalue weighted by atomic mass is 32.2. The van der Waals surface area contributed by atoms with E-state index in [9.17, 15) is 13.2 Å². The summed E-state index contributed by atoms with van der Waals surface area (Å²) in [4.78, 5) is 15.8. The first-order chi connectivity index (χ1) is 11.8. The van der Waals surface area contributed by atoms with Crippen LogP contribution in [0.1, 0.15) is 17.5 Å². The van der Waals surface area contributed by atoms with Crippen molar-refractivity contribution in [1.82, 2.24) is 5.32 Å². The molecule has 0 saturated carbocycles. The minimum atomic E-state index is -2.95. The summed E-state index contributed by atoms with van der Waals surface area (Å²) in [5, 5.41) is 2.89. The Bertz CT molecular complexity index is 740. The Morgan fingerprint density at radius 3 is 2.64 bits per heavy atom. The van der Waals surface area contributed by atoms with E-state index in [4.69, 9.17) is 0 Å². The number of amides is 1. The first-order valence-electron chi connectivity index (χ1n) is 8.98. The lowest BCUT2D eigenvalue weighted by Gasteiger charge is -2.34. The Morgan fingerprint density at radius 1 is 1.28 bits per heavy atom. The zero-order valence-electron chi connectivity index (χ0n) is 15.0. The van der Waals surface area contributed by atoms with Crippen LogP contribution < -0.4 is 15.1 Å². The quantitative estimate of drug-likeness (QED) is 0.740. The molecule has 0 bridgehead atoms. The van der Waals surface area contributed by atoms with E-state index >= 15 is 0 Å². The largest absolute Gasteiger partial charge is 0.360 e. The third kappa shape index (κ3) is 4.52. The summed E-state index contributed by atoms with van der Waals surface area (Å²) >= 11 is 0. The summed E-state index contributed by atoms with van der Waals surface area (Å²) in [7, 11) is -2.95. The molecular weight excluding hydrogens is 338 g/mol. The molecule has 1 aromatic carbocycles. The van der Waals surface area contributed by atoms with E-state index < -0.39 is 9.84 Å². The van der Waals surface area contributed by atoms with Crippen molar-refractivity contribution in [2.75, 3.05) is 49.1 Å². The molecular formula is C18H28N3O3S+. The van der Waals surface area contributed by atoms with Crippen LogP contribution in [0.2, 0.25) is 0 Å². The van der Waals surface area contributed by atoms with Crippen molar-refractivity contribution in [3.05, 3.63) is 29.3 Å². The smallest absolute Gasteiger partial charge is 0.275 e. The van der Waals surface area contributed by atoms with Gasteiger partial charge < -0.3 is 15.1 Å². The van der Waals surface area contributed by atoms with Crippen LogP contribution in [0.4, 0.5) is 5.69 Å². The number of anilines is 1. The molecule has 25 heavy (non-hydrogen) atoms. The summed E-state index contributed by atoms with van der Waals surface area (Å²) in [5.41, 5.74) is 3.92. The van der Waals surface area contributed by atoms with Gasteiger partial charge in [-0.15, -0.1) is 0 Å². The van der Waals surface area contributed by atoms with Crippen molar-refractivity contribution < 1.29 is 18.1 Å². The number of carbonyl (C=O) groups excluding carboxylic acids is 1. The summed E-state index contributed by atoms with van der Waals surface area (Å²) in [5.74, 6) is 0.255. The fraction of sp³-hybridized carbons (Fsp3) is 0.611. The van der Waals surface area contributed by atoms with Gasteiger partial charge in [-0.1, -0.05) is 12.1 Å². The first kappa shape index (κ1) is 18.2. The first-order valence-corrected chi connectivity index (χ1v) is 10.8. The molecule has 138 valence electrons. The van der Waals surface area contributed by atoms with Gasteiger partial charge >= 0.3 is 0 Å². The number of piperazine rings is 1. The minimum absolute atomic E-state index is 0.0303. The second kappa shape index (κ2) is 7.33. The topological polar surface area (TPSA) is 70.9 Å². The number of rotatable bonds is 4. The van der Waals surface area contributed by atoms with Gasteiger partial charge in [0.2, 0.25) is 0 Å². The molecule has 1 amide bonds. The van der Waals surface area contributed by atoms with Crippen LogP contribution >= 0.6 is 0 Å². The number of hydrogen-bond donors (Lipinski definition) is 2. The summed E-state index contributed by atoms with van der Waals surface area (Å²) in [6.07, 6.45) is 0.545. The maximum Gasteiger partial charge on any atom is 0.275 e. The third-order valence-electron chi connectivity index (χ3n) is 5.40. The lowest BCUT2D eigenvalue weighted by Crippen LogP contribution is -3.16. The van der Waals surface area contributed by atoms with Crippen LogP contribution in [0.25, 0.3) is 0 Å². The van der Waals surface area contributed by atoms with Crippen molar-refractivity contribution in [3.8, 4) is 0 Å². The second-order valence-corrected chi connectivity index (χ2v) is 9.53. The van der Waals surface area contributed by atoms with Crippen LogP contribution in [0.15, 0.2) is 18.2 Å². The Morgan fingerprint density at radius 2 is 2.00 bits per heavy atom. The Labute approximate surface area is 150 Å². The summed E-state index contributed by atoms with van der Waals surface area (Å²) in [6, 6.07) is 6.20. The summed E-state index contributed by atoms with van der Waals surface area (Å²) in [6.45, 7) is 8.43. The average Bonchev–Trinajstić information content (AvgIpc) is 2.89.